The van der Waals surface area contributed by atoms with Gasteiger partial charge in [-0.05, 0) is 71.4 Å². The van der Waals surface area contributed by atoms with Crippen LogP contribution in [0.15, 0.2) is 85.2 Å². The van der Waals surface area contributed by atoms with Gasteiger partial charge < -0.3 is 112 Å². The van der Waals surface area contributed by atoms with E-state index in [1.165, 1.54) is 0 Å². The van der Waals surface area contributed by atoms with Crippen LogP contribution in [0.3, 0.4) is 0 Å². The molecule has 2 aromatic heterocycles. The third-order valence-corrected chi connectivity index (χ3v) is 10.1. The summed E-state index contributed by atoms with van der Waals surface area (Å²) in [6, 6.07) is 24.8. The van der Waals surface area contributed by atoms with E-state index in [2.05, 4.69) is 70.1 Å². The van der Waals surface area contributed by atoms with Crippen LogP contribution >= 0.6 is 0 Å². The molecule has 0 spiro atoms. The molecule has 0 saturated heterocycles. The minimum Gasteiger partial charge on any atom is -1.00 e. The topological polar surface area (TPSA) is 365 Å². The Labute approximate surface area is 372 Å². The van der Waals surface area contributed by atoms with Gasteiger partial charge in [-0.1, -0.05) is 12.1 Å². The van der Waals surface area contributed by atoms with Gasteiger partial charge in [-0.15, -0.1) is 0 Å². The number of methoxy groups -OCH3 is 4. The first-order chi connectivity index (χ1) is 25.4. The van der Waals surface area contributed by atoms with Gasteiger partial charge in [0, 0.05) is 10.8 Å². The molecule has 8 aromatic rings. The number of ether oxygens (including phenoxy) is 8. The van der Waals surface area contributed by atoms with Gasteiger partial charge in [0.05, 0.1) is 60.8 Å². The van der Waals surface area contributed by atoms with Crippen LogP contribution in [0.4, 0.5) is 0 Å². The second-order valence-corrected chi connectivity index (χ2v) is 12.8. The van der Waals surface area contributed by atoms with Crippen LogP contribution in [0, 0.1) is 0 Å². The van der Waals surface area contributed by atoms with E-state index >= 15 is 0 Å². The highest BCUT2D eigenvalue weighted by Crippen LogP contribution is 2.43. The molecular weight excluding hydrogens is 875 g/mol. The second-order valence-electron chi connectivity index (χ2n) is 12.8. The molecule has 0 unspecified atom stereocenters. The summed E-state index contributed by atoms with van der Waals surface area (Å²) in [5.41, 5.74) is 2.28. The number of fused-ring (bicyclic) bond motifs is 12. The lowest BCUT2D eigenvalue weighted by Gasteiger charge is -2.12. The van der Waals surface area contributed by atoms with Crippen molar-refractivity contribution in [1.29, 1.82) is 0 Å². The molecule has 6 aromatic carbocycles. The first kappa shape index (κ1) is 61.1. The Balaban J connectivity index is -0.000000973. The van der Waals surface area contributed by atoms with Crippen molar-refractivity contribution in [3.63, 3.8) is 0 Å². The molecule has 0 bridgehead atoms. The van der Waals surface area contributed by atoms with E-state index < -0.39 is 0 Å². The van der Waals surface area contributed by atoms with Crippen LogP contribution in [0.5, 0.6) is 46.0 Å². The number of aryl methyl sites for hydroxylation is 2. The van der Waals surface area contributed by atoms with Gasteiger partial charge in [0.25, 0.3) is 0 Å². The maximum atomic E-state index is 5.63. The Morgan fingerprint density at radius 3 is 1.02 bits per heavy atom. The fourth-order valence-electron chi connectivity index (χ4n) is 7.73. The lowest BCUT2D eigenvalue weighted by atomic mass is 10.00. The predicted molar refractivity (Wildman–Crippen MR) is 231 cm³/mol. The van der Waals surface area contributed by atoms with Gasteiger partial charge in [0.1, 0.15) is 14.1 Å². The van der Waals surface area contributed by atoms with E-state index in [1.54, 1.807) is 28.4 Å². The van der Waals surface area contributed by atoms with E-state index in [9.17, 15) is 0 Å². The average molecular weight is 930 g/mol. The lowest BCUT2D eigenvalue weighted by molar-refractivity contribution is -0.642. The first-order valence-corrected chi connectivity index (χ1v) is 16.8. The summed E-state index contributed by atoms with van der Waals surface area (Å²) < 4.78 is 48.6. The Bertz CT molecular complexity index is 2620. The molecule has 0 saturated carbocycles. The molecule has 2 aliphatic heterocycles. The van der Waals surface area contributed by atoms with E-state index in [0.717, 1.165) is 111 Å². The molecular formula is C42H54Cl2N2O17. The Kier molecular flexibility index (Phi) is 23.1. The summed E-state index contributed by atoms with van der Waals surface area (Å²) in [5.74, 6) is 6.11. The molecule has 18 N–H and O–H groups in total. The summed E-state index contributed by atoms with van der Waals surface area (Å²) in [5, 5.41) is 11.1. The highest BCUT2D eigenvalue weighted by atomic mass is 35.5. The lowest BCUT2D eigenvalue weighted by Crippen LogP contribution is -3.00. The van der Waals surface area contributed by atoms with Gasteiger partial charge in [-0.3, -0.25) is 0 Å². The zero-order valence-corrected chi connectivity index (χ0v) is 36.4. The zero-order valence-electron chi connectivity index (χ0n) is 34.9. The molecule has 19 nitrogen and oxygen atoms in total. The quantitative estimate of drug-likeness (QED) is 0.121. The maximum Gasteiger partial charge on any atom is 0.231 e. The zero-order chi connectivity index (χ0) is 35.7. The van der Waals surface area contributed by atoms with Gasteiger partial charge >= 0.3 is 0 Å². The van der Waals surface area contributed by atoms with Crippen LogP contribution in [0.2, 0.25) is 0 Å². The number of rotatable bonds is 4. The van der Waals surface area contributed by atoms with Crippen molar-refractivity contribution in [2.45, 2.75) is 0 Å². The van der Waals surface area contributed by atoms with Crippen molar-refractivity contribution in [3.05, 3.63) is 85.2 Å². The molecule has 0 aliphatic carbocycles. The van der Waals surface area contributed by atoms with Crippen molar-refractivity contribution < 1.29 is 121 Å². The number of halogens is 2. The number of nitrogens with zero attached hydrogens (tertiary/aromatic N) is 2. The van der Waals surface area contributed by atoms with Crippen molar-refractivity contribution >= 4 is 64.9 Å². The fraction of sp³-hybridized carbons (Fsp3) is 0.190. The Hall–Kier alpha value is -6.20. The van der Waals surface area contributed by atoms with Crippen molar-refractivity contribution in [3.8, 4) is 46.0 Å². The number of benzene rings is 6. The molecule has 10 rings (SSSR count). The normalized spacial score (nSPS) is 10.6. The molecule has 21 heteroatoms. The second kappa shape index (κ2) is 23.9. The SMILES string of the molecule is COc1ccc2c(c[n+](C)c3c4cc5c(cc4ccc23)OCO5)c1OC.COc1ccc2c(c[n+](C)c3c4cc5c(cc4ccc23)OCO5)c1OC.O.O.O.O.O.O.O.O.O.[Cl-].[Cl-]. The van der Waals surface area contributed by atoms with Crippen LogP contribution < -0.4 is 71.8 Å². The monoisotopic (exact) mass is 928 g/mol. The number of aromatic nitrogens is 2. The average Bonchev–Trinajstić information content (AvgIpc) is 3.83. The fourth-order valence-corrected chi connectivity index (χ4v) is 7.73. The number of pyridine rings is 2. The van der Waals surface area contributed by atoms with E-state index in [4.69, 9.17) is 37.9 Å². The summed E-state index contributed by atoms with van der Waals surface area (Å²) >= 11 is 0. The summed E-state index contributed by atoms with van der Waals surface area (Å²) in [6.07, 6.45) is 4.17. The minimum absolute atomic E-state index is 0. The summed E-state index contributed by atoms with van der Waals surface area (Å²) in [7, 11) is 10.7. The molecule has 0 atom stereocenters. The van der Waals surface area contributed by atoms with Crippen LogP contribution in [0.25, 0.3) is 64.9 Å². The Morgan fingerprint density at radius 1 is 0.381 bits per heavy atom. The van der Waals surface area contributed by atoms with Gasteiger partial charge in [0.2, 0.25) is 24.6 Å². The number of hydrogen-bond donors (Lipinski definition) is 0. The highest BCUT2D eigenvalue weighted by Gasteiger charge is 2.24. The van der Waals surface area contributed by atoms with Crippen molar-refractivity contribution in [1.82, 2.24) is 0 Å². The van der Waals surface area contributed by atoms with Crippen molar-refractivity contribution in [2.24, 2.45) is 14.1 Å². The third kappa shape index (κ3) is 9.59. The van der Waals surface area contributed by atoms with Gasteiger partial charge in [-0.25, -0.2) is 0 Å². The van der Waals surface area contributed by atoms with E-state index in [0.29, 0.717) is 0 Å². The molecule has 4 heterocycles. The van der Waals surface area contributed by atoms with E-state index in [-0.39, 0.29) is 87.7 Å². The molecule has 2 aliphatic rings. The first-order valence-electron chi connectivity index (χ1n) is 16.8. The maximum absolute atomic E-state index is 5.63. The summed E-state index contributed by atoms with van der Waals surface area (Å²) in [6.45, 7) is 0.547. The highest BCUT2D eigenvalue weighted by molar-refractivity contribution is 6.16. The minimum atomic E-state index is 0. The molecule has 0 fully saturated rings. The Morgan fingerprint density at radius 2 is 0.698 bits per heavy atom. The van der Waals surface area contributed by atoms with E-state index in [1.807, 2.05) is 38.4 Å². The largest absolute Gasteiger partial charge is 1.00 e. The standard InChI is InChI=1S/2C21H18NO4.2ClH.9H2O/c2*1-22-10-16-13(6-7-17(23-2)21(16)24-3)14-5-4-12-8-18-19(26-11-25-18)9-15(12)20(14)22;;;;;;;;;;;/h2*4-10H,11H2,1-3H3;2*1H;9*1H2/q2*+1;;;;;;;;;;;/p-2. The van der Waals surface area contributed by atoms with Crippen LogP contribution in [-0.2, 0) is 14.1 Å². The molecule has 0 amide bonds. The molecule has 348 valence electrons. The number of hydrogen-bond acceptors (Lipinski definition) is 8. The predicted octanol–water partition coefficient (Wildman–Crippen LogP) is -5.98. The van der Waals surface area contributed by atoms with Crippen LogP contribution in [-0.4, -0.2) is 91.3 Å². The van der Waals surface area contributed by atoms with Gasteiger partial charge in [-0.2, -0.15) is 9.13 Å². The third-order valence-electron chi connectivity index (χ3n) is 10.1. The summed E-state index contributed by atoms with van der Waals surface area (Å²) in [4.78, 5) is 0. The smallest absolute Gasteiger partial charge is 0.231 e. The van der Waals surface area contributed by atoms with Gasteiger partial charge in [0.15, 0.2) is 58.4 Å². The van der Waals surface area contributed by atoms with Crippen molar-refractivity contribution in [2.75, 3.05) is 42.0 Å². The van der Waals surface area contributed by atoms with Crippen LogP contribution in [0.1, 0.15) is 0 Å². The molecule has 0 radical (unpaired) electrons. The molecule has 63 heavy (non-hydrogen) atoms.